The summed E-state index contributed by atoms with van der Waals surface area (Å²) in [4.78, 5) is 25.8. The van der Waals surface area contributed by atoms with Crippen LogP contribution in [-0.2, 0) is 4.79 Å². The van der Waals surface area contributed by atoms with Crippen LogP contribution in [0.1, 0.15) is 21.7 Å². The van der Waals surface area contributed by atoms with Gasteiger partial charge < -0.3 is 14.5 Å². The van der Waals surface area contributed by atoms with Gasteiger partial charge in [-0.1, -0.05) is 48.0 Å². The molecule has 6 heteroatoms. The monoisotopic (exact) mass is 431 g/mol. The highest BCUT2D eigenvalue weighted by molar-refractivity contribution is 6.30. The van der Waals surface area contributed by atoms with Gasteiger partial charge in [0.1, 0.15) is 0 Å². The zero-order chi connectivity index (χ0) is 21.8. The predicted octanol–water partition coefficient (Wildman–Crippen LogP) is 5.98. The van der Waals surface area contributed by atoms with Crippen molar-refractivity contribution < 1.29 is 18.7 Å². The first-order valence-corrected chi connectivity index (χ1v) is 9.88. The molecule has 0 saturated heterocycles. The Labute approximate surface area is 183 Å². The van der Waals surface area contributed by atoms with Gasteiger partial charge in [-0.05, 0) is 48.0 Å². The van der Waals surface area contributed by atoms with Crippen LogP contribution in [0.5, 0.6) is 5.75 Å². The van der Waals surface area contributed by atoms with E-state index in [9.17, 15) is 9.59 Å². The number of para-hydroxylation sites is 1. The minimum absolute atomic E-state index is 0.0169. The summed E-state index contributed by atoms with van der Waals surface area (Å²) in [5, 5.41) is 3.88. The normalized spacial score (nSPS) is 11.0. The van der Waals surface area contributed by atoms with E-state index >= 15 is 0 Å². The number of nitrogens with one attached hydrogen (secondary N) is 1. The predicted molar refractivity (Wildman–Crippen MR) is 122 cm³/mol. The molecule has 4 rings (SSSR count). The van der Waals surface area contributed by atoms with Crippen molar-refractivity contribution in [2.75, 3.05) is 12.4 Å². The van der Waals surface area contributed by atoms with E-state index in [1.807, 2.05) is 30.3 Å². The first kappa shape index (κ1) is 20.4. The molecule has 0 spiro atoms. The quantitative estimate of drug-likeness (QED) is 0.301. The third kappa shape index (κ3) is 4.37. The van der Waals surface area contributed by atoms with Gasteiger partial charge in [-0.2, -0.15) is 0 Å². The summed E-state index contributed by atoms with van der Waals surface area (Å²) in [6.07, 6.45) is 3.10. The van der Waals surface area contributed by atoms with Gasteiger partial charge in [0.05, 0.1) is 12.8 Å². The number of fused-ring (bicyclic) bond motifs is 1. The molecule has 4 aromatic rings. The molecule has 3 aromatic carbocycles. The van der Waals surface area contributed by atoms with Gasteiger partial charge in [-0.25, -0.2) is 0 Å². The summed E-state index contributed by atoms with van der Waals surface area (Å²) in [6, 6.07) is 21.2. The first-order chi connectivity index (χ1) is 15.1. The highest BCUT2D eigenvalue weighted by Crippen LogP contribution is 2.37. The minimum Gasteiger partial charge on any atom is -0.493 e. The van der Waals surface area contributed by atoms with Crippen molar-refractivity contribution in [3.8, 4) is 5.75 Å². The SMILES string of the molecule is COc1cccc2c(NC(=O)/C=C/c3ccccc3)c(C(=O)c3ccc(Cl)cc3)oc12. The van der Waals surface area contributed by atoms with Gasteiger partial charge in [-0.3, -0.25) is 9.59 Å². The number of furan rings is 1. The number of halogens is 1. The van der Waals surface area contributed by atoms with Crippen molar-refractivity contribution in [2.24, 2.45) is 0 Å². The van der Waals surface area contributed by atoms with Crippen molar-refractivity contribution in [3.05, 3.63) is 101 Å². The zero-order valence-electron chi connectivity index (χ0n) is 16.6. The fourth-order valence-electron chi connectivity index (χ4n) is 3.17. The molecule has 0 unspecified atom stereocenters. The average Bonchev–Trinajstić information content (AvgIpc) is 3.17. The maximum Gasteiger partial charge on any atom is 0.248 e. The molecular weight excluding hydrogens is 414 g/mol. The van der Waals surface area contributed by atoms with E-state index in [1.54, 1.807) is 48.5 Å². The molecule has 0 saturated carbocycles. The summed E-state index contributed by atoms with van der Waals surface area (Å²) in [5.41, 5.74) is 1.94. The average molecular weight is 432 g/mol. The van der Waals surface area contributed by atoms with Crippen molar-refractivity contribution in [3.63, 3.8) is 0 Å². The van der Waals surface area contributed by atoms with Crippen molar-refractivity contribution >= 4 is 46.0 Å². The smallest absolute Gasteiger partial charge is 0.248 e. The lowest BCUT2D eigenvalue weighted by molar-refractivity contribution is -0.111. The number of anilines is 1. The van der Waals surface area contributed by atoms with Crippen LogP contribution in [0, 0.1) is 0 Å². The number of rotatable bonds is 6. The number of ether oxygens (including phenoxy) is 1. The number of carbonyl (C=O) groups excluding carboxylic acids is 2. The Morgan fingerprint density at radius 1 is 0.968 bits per heavy atom. The molecule has 1 amide bonds. The van der Waals surface area contributed by atoms with Gasteiger partial charge in [0.15, 0.2) is 17.1 Å². The molecule has 0 atom stereocenters. The van der Waals surface area contributed by atoms with Crippen LogP contribution >= 0.6 is 11.6 Å². The molecular formula is C25H18ClNO4. The van der Waals surface area contributed by atoms with Crippen LogP contribution in [-0.4, -0.2) is 18.8 Å². The highest BCUT2D eigenvalue weighted by Gasteiger charge is 2.24. The number of hydrogen-bond acceptors (Lipinski definition) is 4. The maximum absolute atomic E-state index is 13.2. The van der Waals surface area contributed by atoms with Crippen LogP contribution < -0.4 is 10.1 Å². The second-order valence-electron chi connectivity index (χ2n) is 6.71. The highest BCUT2D eigenvalue weighted by atomic mass is 35.5. The molecule has 1 aromatic heterocycles. The molecule has 0 aliphatic rings. The van der Waals surface area contributed by atoms with Gasteiger partial charge in [0.25, 0.3) is 0 Å². The number of benzene rings is 3. The zero-order valence-corrected chi connectivity index (χ0v) is 17.3. The Kier molecular flexibility index (Phi) is 5.87. The number of amides is 1. The molecule has 1 heterocycles. The van der Waals surface area contributed by atoms with Crippen LogP contribution in [0.3, 0.4) is 0 Å². The number of methoxy groups -OCH3 is 1. The minimum atomic E-state index is -0.389. The van der Waals surface area contributed by atoms with Crippen LogP contribution in [0.15, 0.2) is 83.3 Å². The Bertz CT molecular complexity index is 1270. The van der Waals surface area contributed by atoms with Gasteiger partial charge in [0.2, 0.25) is 11.7 Å². The van der Waals surface area contributed by atoms with Gasteiger partial charge in [-0.15, -0.1) is 0 Å². The summed E-state index contributed by atoms with van der Waals surface area (Å²) < 4.78 is 11.2. The summed E-state index contributed by atoms with van der Waals surface area (Å²) in [6.45, 7) is 0. The van der Waals surface area contributed by atoms with Crippen LogP contribution in [0.4, 0.5) is 5.69 Å². The largest absolute Gasteiger partial charge is 0.493 e. The van der Waals surface area contributed by atoms with Crippen molar-refractivity contribution in [2.45, 2.75) is 0 Å². The molecule has 0 aliphatic heterocycles. The first-order valence-electron chi connectivity index (χ1n) is 9.50. The molecule has 5 nitrogen and oxygen atoms in total. The molecule has 154 valence electrons. The molecule has 0 aliphatic carbocycles. The molecule has 31 heavy (non-hydrogen) atoms. The third-order valence-electron chi connectivity index (χ3n) is 4.69. The standard InChI is InChI=1S/C25H18ClNO4/c1-30-20-9-5-8-19-22(27-21(28)15-10-16-6-3-2-4-7-16)25(31-24(19)20)23(29)17-11-13-18(26)14-12-17/h2-15H,1H3,(H,27,28)/b15-10+. The Morgan fingerprint density at radius 2 is 1.71 bits per heavy atom. The van der Waals surface area contributed by atoms with E-state index < -0.39 is 0 Å². The Balaban J connectivity index is 1.74. The lowest BCUT2D eigenvalue weighted by Crippen LogP contribution is -2.11. The molecule has 0 radical (unpaired) electrons. The lowest BCUT2D eigenvalue weighted by atomic mass is 10.1. The van der Waals surface area contributed by atoms with Crippen LogP contribution in [0.2, 0.25) is 5.02 Å². The number of hydrogen-bond donors (Lipinski definition) is 1. The van der Waals surface area contributed by atoms with Gasteiger partial charge in [0, 0.05) is 22.0 Å². The van der Waals surface area contributed by atoms with Crippen molar-refractivity contribution in [1.82, 2.24) is 0 Å². The van der Waals surface area contributed by atoms with E-state index in [0.717, 1.165) is 5.56 Å². The lowest BCUT2D eigenvalue weighted by Gasteiger charge is -2.04. The Morgan fingerprint density at radius 3 is 2.42 bits per heavy atom. The van der Waals surface area contributed by atoms with E-state index in [4.69, 9.17) is 20.8 Å². The van der Waals surface area contributed by atoms with E-state index in [2.05, 4.69) is 5.32 Å². The molecule has 0 fully saturated rings. The van der Waals surface area contributed by atoms with E-state index in [0.29, 0.717) is 27.3 Å². The number of carbonyl (C=O) groups is 2. The van der Waals surface area contributed by atoms with Crippen molar-refractivity contribution in [1.29, 1.82) is 0 Å². The molecule has 0 bridgehead atoms. The van der Waals surface area contributed by atoms with E-state index in [-0.39, 0.29) is 23.1 Å². The second-order valence-corrected chi connectivity index (χ2v) is 7.15. The fraction of sp³-hybridized carbons (Fsp3) is 0.0400. The third-order valence-corrected chi connectivity index (χ3v) is 4.94. The Hall–Kier alpha value is -3.83. The van der Waals surface area contributed by atoms with Crippen LogP contribution in [0.25, 0.3) is 17.0 Å². The summed E-state index contributed by atoms with van der Waals surface area (Å²) in [5.74, 6) is -0.289. The number of ketones is 1. The summed E-state index contributed by atoms with van der Waals surface area (Å²) in [7, 11) is 1.51. The maximum atomic E-state index is 13.2. The van der Waals surface area contributed by atoms with E-state index in [1.165, 1.54) is 13.2 Å². The fourth-order valence-corrected chi connectivity index (χ4v) is 3.30. The topological polar surface area (TPSA) is 68.5 Å². The summed E-state index contributed by atoms with van der Waals surface area (Å²) >= 11 is 5.94. The van der Waals surface area contributed by atoms with Gasteiger partial charge >= 0.3 is 0 Å². The second kappa shape index (κ2) is 8.90. The molecule has 1 N–H and O–H groups in total.